The summed E-state index contributed by atoms with van der Waals surface area (Å²) < 4.78 is 2.12. The number of nitrogens with one attached hydrogen (secondary N) is 1. The van der Waals surface area contributed by atoms with Gasteiger partial charge in [0.05, 0.1) is 12.5 Å². The number of carbonyl (C=O) groups is 1. The fourth-order valence-electron chi connectivity index (χ4n) is 3.91. The molecule has 5 heteroatoms. The summed E-state index contributed by atoms with van der Waals surface area (Å²) in [6.07, 6.45) is 14.3. The maximum absolute atomic E-state index is 12.4. The summed E-state index contributed by atoms with van der Waals surface area (Å²) in [5, 5.41) is 5.35. The van der Waals surface area contributed by atoms with Gasteiger partial charge in [-0.2, -0.15) is 0 Å². The van der Waals surface area contributed by atoms with Crippen LogP contribution in [0.5, 0.6) is 0 Å². The quantitative estimate of drug-likeness (QED) is 0.828. The average Bonchev–Trinajstić information content (AvgIpc) is 2.79. The van der Waals surface area contributed by atoms with Crippen LogP contribution < -0.4 is 10.1 Å². The van der Waals surface area contributed by atoms with Crippen LogP contribution in [0.3, 0.4) is 0 Å². The Hall–Kier alpha value is -1.10. The van der Waals surface area contributed by atoms with Gasteiger partial charge in [-0.05, 0) is 25.7 Å². The maximum atomic E-state index is 12.4. The standard InChI is InChI=1S/C19H31N3OS/c1-22-17(13-18(23)20-15-9-5-2-3-6-10-15)14-24-19(22)21-16-11-7-4-8-12-16/h14-16H,2-13H2,1H3,(H,20,23). The molecule has 0 radical (unpaired) electrons. The first-order valence-corrected chi connectivity index (χ1v) is 10.6. The molecule has 2 fully saturated rings. The van der Waals surface area contributed by atoms with E-state index in [4.69, 9.17) is 4.99 Å². The average molecular weight is 350 g/mol. The molecule has 2 saturated carbocycles. The Bertz CT molecular complexity index is 590. The van der Waals surface area contributed by atoms with Crippen LogP contribution in [0.1, 0.15) is 76.3 Å². The first-order chi connectivity index (χ1) is 11.7. The third kappa shape index (κ3) is 4.95. The molecule has 0 aromatic carbocycles. The smallest absolute Gasteiger partial charge is 0.226 e. The van der Waals surface area contributed by atoms with Crippen molar-refractivity contribution >= 4 is 17.2 Å². The van der Waals surface area contributed by atoms with E-state index in [0.717, 1.165) is 23.3 Å². The lowest BCUT2D eigenvalue weighted by molar-refractivity contribution is -0.121. The molecule has 2 aliphatic rings. The van der Waals surface area contributed by atoms with Crippen LogP contribution in [0.15, 0.2) is 10.4 Å². The van der Waals surface area contributed by atoms with Crippen molar-refractivity contribution in [1.82, 2.24) is 9.88 Å². The summed E-state index contributed by atoms with van der Waals surface area (Å²) >= 11 is 1.68. The molecule has 0 atom stereocenters. The van der Waals surface area contributed by atoms with Gasteiger partial charge < -0.3 is 9.88 Å². The lowest BCUT2D eigenvalue weighted by atomic mass is 9.96. The first kappa shape index (κ1) is 17.7. The lowest BCUT2D eigenvalue weighted by Crippen LogP contribution is -2.36. The molecule has 0 aliphatic heterocycles. The molecule has 2 aliphatic carbocycles. The van der Waals surface area contributed by atoms with Crippen molar-refractivity contribution in [2.75, 3.05) is 0 Å². The van der Waals surface area contributed by atoms with Crippen molar-refractivity contribution in [1.29, 1.82) is 0 Å². The van der Waals surface area contributed by atoms with Crippen LogP contribution in [0.25, 0.3) is 0 Å². The number of amides is 1. The first-order valence-electron chi connectivity index (χ1n) is 9.69. The molecule has 1 amide bonds. The molecule has 24 heavy (non-hydrogen) atoms. The topological polar surface area (TPSA) is 46.4 Å². The Labute approximate surface area is 149 Å². The molecule has 1 aromatic heterocycles. The van der Waals surface area contributed by atoms with Crippen LogP contribution in [0.4, 0.5) is 0 Å². The highest BCUT2D eigenvalue weighted by Crippen LogP contribution is 2.20. The lowest BCUT2D eigenvalue weighted by Gasteiger charge is -2.17. The highest BCUT2D eigenvalue weighted by Gasteiger charge is 2.16. The second-order valence-electron chi connectivity index (χ2n) is 7.42. The SMILES string of the molecule is Cn1c(CC(=O)NC2CCCCCC2)csc1=NC1CCCCC1. The van der Waals surface area contributed by atoms with Crippen LogP contribution in [0, 0.1) is 0 Å². The third-order valence-electron chi connectivity index (χ3n) is 5.45. The summed E-state index contributed by atoms with van der Waals surface area (Å²) in [5.74, 6) is 0.166. The fourth-order valence-corrected chi connectivity index (χ4v) is 4.88. The number of carbonyl (C=O) groups excluding carboxylic acids is 1. The molecular formula is C19H31N3OS. The molecular weight excluding hydrogens is 318 g/mol. The van der Waals surface area contributed by atoms with Gasteiger partial charge in [-0.3, -0.25) is 9.79 Å². The highest BCUT2D eigenvalue weighted by atomic mass is 32.1. The number of thiazole rings is 1. The zero-order chi connectivity index (χ0) is 16.8. The number of hydrogen-bond acceptors (Lipinski definition) is 3. The number of hydrogen-bond donors (Lipinski definition) is 1. The van der Waals surface area contributed by atoms with E-state index in [-0.39, 0.29) is 5.91 Å². The molecule has 0 spiro atoms. The summed E-state index contributed by atoms with van der Waals surface area (Å²) in [7, 11) is 2.05. The van der Waals surface area contributed by atoms with E-state index >= 15 is 0 Å². The van der Waals surface area contributed by atoms with Crippen molar-refractivity contribution in [2.45, 2.75) is 89.1 Å². The number of aromatic nitrogens is 1. The molecule has 0 unspecified atom stereocenters. The Kier molecular flexibility index (Phi) is 6.52. The van der Waals surface area contributed by atoms with E-state index in [0.29, 0.717) is 18.5 Å². The van der Waals surface area contributed by atoms with Gasteiger partial charge in [-0.15, -0.1) is 11.3 Å². The normalized spacial score (nSPS) is 21.6. The highest BCUT2D eigenvalue weighted by molar-refractivity contribution is 7.07. The zero-order valence-corrected chi connectivity index (χ0v) is 15.7. The Balaban J connectivity index is 1.58. The van der Waals surface area contributed by atoms with Crippen molar-refractivity contribution in [3.63, 3.8) is 0 Å². The molecule has 4 nitrogen and oxygen atoms in total. The summed E-state index contributed by atoms with van der Waals surface area (Å²) in [5.41, 5.74) is 1.08. The van der Waals surface area contributed by atoms with Gasteiger partial charge in [0.1, 0.15) is 0 Å². The predicted molar refractivity (Wildman–Crippen MR) is 99.1 cm³/mol. The van der Waals surface area contributed by atoms with E-state index in [9.17, 15) is 4.79 Å². The van der Waals surface area contributed by atoms with E-state index in [2.05, 4.69) is 15.3 Å². The fraction of sp³-hybridized carbons (Fsp3) is 0.789. The minimum atomic E-state index is 0.166. The van der Waals surface area contributed by atoms with Gasteiger partial charge in [0.25, 0.3) is 0 Å². The van der Waals surface area contributed by atoms with Gasteiger partial charge in [-0.1, -0.05) is 44.9 Å². The predicted octanol–water partition coefficient (Wildman–Crippen LogP) is 3.70. The summed E-state index contributed by atoms with van der Waals surface area (Å²) in [6, 6.07) is 0.867. The van der Waals surface area contributed by atoms with Crippen molar-refractivity contribution in [3.8, 4) is 0 Å². The van der Waals surface area contributed by atoms with E-state index in [1.54, 1.807) is 11.3 Å². The van der Waals surface area contributed by atoms with Gasteiger partial charge in [0.2, 0.25) is 5.91 Å². The maximum Gasteiger partial charge on any atom is 0.226 e. The molecule has 1 aromatic rings. The molecule has 0 bridgehead atoms. The van der Waals surface area contributed by atoms with Gasteiger partial charge >= 0.3 is 0 Å². The van der Waals surface area contributed by atoms with E-state index in [1.165, 1.54) is 57.8 Å². The third-order valence-corrected chi connectivity index (χ3v) is 6.43. The van der Waals surface area contributed by atoms with Gasteiger partial charge in [0, 0.05) is 24.2 Å². The Morgan fingerprint density at radius 3 is 2.46 bits per heavy atom. The number of rotatable bonds is 4. The van der Waals surface area contributed by atoms with Crippen molar-refractivity contribution in [2.24, 2.45) is 12.0 Å². The molecule has 0 saturated heterocycles. The number of nitrogens with zero attached hydrogens (tertiary/aromatic N) is 2. The van der Waals surface area contributed by atoms with Crippen LogP contribution >= 0.6 is 11.3 Å². The minimum absolute atomic E-state index is 0.166. The zero-order valence-electron chi connectivity index (χ0n) is 14.9. The summed E-state index contributed by atoms with van der Waals surface area (Å²) in [4.78, 5) is 18.4. The largest absolute Gasteiger partial charge is 0.353 e. The molecule has 1 heterocycles. The minimum Gasteiger partial charge on any atom is -0.353 e. The van der Waals surface area contributed by atoms with Crippen molar-refractivity contribution < 1.29 is 4.79 Å². The van der Waals surface area contributed by atoms with Crippen LogP contribution in [0.2, 0.25) is 0 Å². The van der Waals surface area contributed by atoms with Crippen LogP contribution in [-0.4, -0.2) is 22.6 Å². The van der Waals surface area contributed by atoms with Crippen LogP contribution in [-0.2, 0) is 18.3 Å². The monoisotopic (exact) mass is 349 g/mol. The Morgan fingerprint density at radius 1 is 1.12 bits per heavy atom. The second-order valence-corrected chi connectivity index (χ2v) is 8.26. The Morgan fingerprint density at radius 2 is 1.75 bits per heavy atom. The molecule has 134 valence electrons. The van der Waals surface area contributed by atoms with Gasteiger partial charge in [0.15, 0.2) is 4.80 Å². The van der Waals surface area contributed by atoms with E-state index < -0.39 is 0 Å². The van der Waals surface area contributed by atoms with Gasteiger partial charge in [-0.25, -0.2) is 0 Å². The molecule has 1 N–H and O–H groups in total. The summed E-state index contributed by atoms with van der Waals surface area (Å²) in [6.45, 7) is 0. The van der Waals surface area contributed by atoms with E-state index in [1.807, 2.05) is 7.05 Å². The second kappa shape index (κ2) is 8.84. The molecule has 3 rings (SSSR count). The van der Waals surface area contributed by atoms with Crippen molar-refractivity contribution in [3.05, 3.63) is 15.9 Å².